The predicted octanol–water partition coefficient (Wildman–Crippen LogP) is 1.48. The summed E-state index contributed by atoms with van der Waals surface area (Å²) in [6, 6.07) is -0.921. The zero-order valence-electron chi connectivity index (χ0n) is 14.8. The van der Waals surface area contributed by atoms with Gasteiger partial charge in [0.25, 0.3) is 5.92 Å². The second-order valence-electron chi connectivity index (χ2n) is 6.60. The van der Waals surface area contributed by atoms with Gasteiger partial charge in [-0.3, -0.25) is 14.9 Å². The highest BCUT2D eigenvalue weighted by Crippen LogP contribution is 2.32. The minimum Gasteiger partial charge on any atom is -0.450 e. The molecule has 148 valence electrons. The van der Waals surface area contributed by atoms with Crippen LogP contribution in [-0.4, -0.2) is 54.2 Å². The summed E-state index contributed by atoms with van der Waals surface area (Å²) < 4.78 is 31.3. The maximum atomic E-state index is 13.3. The quantitative estimate of drug-likeness (QED) is 0.655. The monoisotopic (exact) mass is 393 g/mol. The lowest BCUT2D eigenvalue weighted by Crippen LogP contribution is -2.53. The van der Waals surface area contributed by atoms with Gasteiger partial charge in [0.1, 0.15) is 0 Å². The summed E-state index contributed by atoms with van der Waals surface area (Å²) in [5.41, 5.74) is 0. The summed E-state index contributed by atoms with van der Waals surface area (Å²) in [5.74, 6) is -3.83. The first-order chi connectivity index (χ1) is 12.2. The van der Waals surface area contributed by atoms with Crippen molar-refractivity contribution in [2.24, 2.45) is 11.8 Å². The number of alkyl halides is 2. The number of amides is 3. The van der Waals surface area contributed by atoms with Crippen LogP contribution in [0.5, 0.6) is 0 Å². The number of rotatable bonds is 5. The molecule has 2 rings (SSSR count). The maximum absolute atomic E-state index is 13.3. The molecule has 0 saturated carbocycles. The maximum Gasteiger partial charge on any atom is 0.413 e. The molecule has 0 aromatic carbocycles. The molecular weight excluding hydrogens is 368 g/mol. The van der Waals surface area contributed by atoms with E-state index >= 15 is 0 Å². The Labute approximate surface area is 155 Å². The van der Waals surface area contributed by atoms with Crippen LogP contribution in [-0.2, 0) is 14.3 Å². The van der Waals surface area contributed by atoms with Gasteiger partial charge in [-0.25, -0.2) is 13.6 Å². The van der Waals surface area contributed by atoms with Gasteiger partial charge in [-0.2, -0.15) is 0 Å². The van der Waals surface area contributed by atoms with Gasteiger partial charge in [0.15, 0.2) is 0 Å². The third-order valence-electron chi connectivity index (χ3n) is 4.61. The summed E-state index contributed by atoms with van der Waals surface area (Å²) >= 11 is 1.43. The molecule has 10 heteroatoms. The van der Waals surface area contributed by atoms with Gasteiger partial charge in [0.05, 0.1) is 29.9 Å². The lowest BCUT2D eigenvalue weighted by atomic mass is 9.91. The van der Waals surface area contributed by atoms with E-state index < -0.39 is 41.2 Å². The number of carbonyl (C=O) groups excluding carboxylic acids is 3. The number of thioether (sulfide) groups is 1. The van der Waals surface area contributed by atoms with E-state index in [-0.39, 0.29) is 25.5 Å². The van der Waals surface area contributed by atoms with Crippen LogP contribution in [0, 0.1) is 11.8 Å². The SMILES string of the molecule is CCOC(=O)NC(=O)C1CCSC1NC(=O)C1CCC(C(C)(F)F)NC1. The first kappa shape index (κ1) is 20.9. The Morgan fingerprint density at radius 3 is 2.54 bits per heavy atom. The van der Waals surface area contributed by atoms with E-state index in [1.165, 1.54) is 11.8 Å². The Kier molecular flexibility index (Phi) is 7.22. The third-order valence-corrected chi connectivity index (χ3v) is 5.89. The molecule has 2 saturated heterocycles. The van der Waals surface area contributed by atoms with Gasteiger partial charge in [0, 0.05) is 13.5 Å². The predicted molar refractivity (Wildman–Crippen MR) is 92.8 cm³/mol. The van der Waals surface area contributed by atoms with E-state index in [0.717, 1.165) is 6.92 Å². The van der Waals surface area contributed by atoms with Gasteiger partial charge in [-0.05, 0) is 31.9 Å². The van der Waals surface area contributed by atoms with E-state index in [9.17, 15) is 23.2 Å². The van der Waals surface area contributed by atoms with Gasteiger partial charge < -0.3 is 15.4 Å². The van der Waals surface area contributed by atoms with Crippen LogP contribution in [0.4, 0.5) is 13.6 Å². The second-order valence-corrected chi connectivity index (χ2v) is 7.85. The normalized spacial score (nSPS) is 29.1. The molecule has 7 nitrogen and oxygen atoms in total. The molecule has 0 bridgehead atoms. The molecule has 2 heterocycles. The van der Waals surface area contributed by atoms with Crippen molar-refractivity contribution in [2.75, 3.05) is 18.9 Å². The summed E-state index contributed by atoms with van der Waals surface area (Å²) in [6.07, 6.45) is 0.312. The number of hydrogen-bond acceptors (Lipinski definition) is 6. The minimum absolute atomic E-state index is 0.158. The smallest absolute Gasteiger partial charge is 0.413 e. The first-order valence-electron chi connectivity index (χ1n) is 8.73. The molecule has 3 amide bonds. The molecule has 0 aromatic rings. The van der Waals surface area contributed by atoms with Crippen molar-refractivity contribution in [1.82, 2.24) is 16.0 Å². The van der Waals surface area contributed by atoms with Crippen molar-refractivity contribution in [1.29, 1.82) is 0 Å². The summed E-state index contributed by atoms with van der Waals surface area (Å²) in [5, 5.41) is 7.28. The summed E-state index contributed by atoms with van der Waals surface area (Å²) in [6.45, 7) is 2.84. The molecule has 0 aromatic heterocycles. The van der Waals surface area contributed by atoms with Crippen LogP contribution in [0.2, 0.25) is 0 Å². The van der Waals surface area contributed by atoms with Crippen LogP contribution in [0.3, 0.4) is 0 Å². The first-order valence-corrected chi connectivity index (χ1v) is 9.78. The summed E-state index contributed by atoms with van der Waals surface area (Å²) in [4.78, 5) is 36.0. The second kappa shape index (κ2) is 8.98. The van der Waals surface area contributed by atoms with Crippen molar-refractivity contribution >= 4 is 29.7 Å². The van der Waals surface area contributed by atoms with Crippen molar-refractivity contribution in [3.05, 3.63) is 0 Å². The molecule has 4 atom stereocenters. The highest BCUT2D eigenvalue weighted by Gasteiger charge is 2.40. The van der Waals surface area contributed by atoms with E-state index in [1.54, 1.807) is 6.92 Å². The van der Waals surface area contributed by atoms with E-state index in [4.69, 9.17) is 0 Å². The lowest BCUT2D eigenvalue weighted by molar-refractivity contribution is -0.128. The minimum atomic E-state index is -2.82. The number of hydrogen-bond donors (Lipinski definition) is 3. The molecule has 0 aliphatic carbocycles. The molecule has 2 fully saturated rings. The Morgan fingerprint density at radius 1 is 1.23 bits per heavy atom. The fraction of sp³-hybridized carbons (Fsp3) is 0.812. The topological polar surface area (TPSA) is 96.5 Å². The van der Waals surface area contributed by atoms with E-state index in [2.05, 4.69) is 20.7 Å². The largest absolute Gasteiger partial charge is 0.450 e. The molecule has 0 radical (unpaired) electrons. The number of halogens is 2. The average molecular weight is 393 g/mol. The number of nitrogens with one attached hydrogen (secondary N) is 3. The lowest BCUT2D eigenvalue weighted by Gasteiger charge is -2.33. The zero-order chi connectivity index (χ0) is 19.3. The standard InChI is InChI=1S/C16H25F2N3O4S/c1-3-25-15(24)21-13(23)10-6-7-26-14(10)20-12(22)9-4-5-11(19-8-9)16(2,17)18/h9-11,14,19H,3-8H2,1-2H3,(H,20,22)(H,21,23,24). The van der Waals surface area contributed by atoms with Crippen LogP contribution in [0.1, 0.15) is 33.1 Å². The van der Waals surface area contributed by atoms with Gasteiger partial charge in [-0.1, -0.05) is 0 Å². The summed E-state index contributed by atoms with van der Waals surface area (Å²) in [7, 11) is 0. The van der Waals surface area contributed by atoms with E-state index in [0.29, 0.717) is 18.6 Å². The van der Waals surface area contributed by atoms with Crippen LogP contribution in [0.15, 0.2) is 0 Å². The zero-order valence-corrected chi connectivity index (χ0v) is 15.7. The molecule has 26 heavy (non-hydrogen) atoms. The Hall–Kier alpha value is -1.42. The Bertz CT molecular complexity index is 536. The van der Waals surface area contributed by atoms with Gasteiger partial charge in [-0.15, -0.1) is 11.8 Å². The molecule has 4 unspecified atom stereocenters. The van der Waals surface area contributed by atoms with Gasteiger partial charge >= 0.3 is 6.09 Å². The van der Waals surface area contributed by atoms with E-state index in [1.807, 2.05) is 0 Å². The number of carbonyl (C=O) groups is 3. The van der Waals surface area contributed by atoms with Crippen LogP contribution < -0.4 is 16.0 Å². The van der Waals surface area contributed by atoms with Crippen molar-refractivity contribution in [2.45, 2.75) is 50.4 Å². The van der Waals surface area contributed by atoms with Crippen molar-refractivity contribution in [3.63, 3.8) is 0 Å². The number of ether oxygens (including phenoxy) is 1. The average Bonchev–Trinajstić information content (AvgIpc) is 3.02. The van der Waals surface area contributed by atoms with Crippen LogP contribution in [0.25, 0.3) is 0 Å². The fourth-order valence-corrected chi connectivity index (χ4v) is 4.47. The van der Waals surface area contributed by atoms with Crippen molar-refractivity contribution < 1.29 is 27.9 Å². The number of alkyl carbamates (subject to hydrolysis) is 1. The molecule has 2 aliphatic heterocycles. The highest BCUT2D eigenvalue weighted by molar-refractivity contribution is 8.00. The Balaban J connectivity index is 1.84. The van der Waals surface area contributed by atoms with Gasteiger partial charge in [0.2, 0.25) is 11.8 Å². The third kappa shape index (κ3) is 5.54. The molecule has 0 spiro atoms. The molecular formula is C16H25F2N3O4S. The highest BCUT2D eigenvalue weighted by atomic mass is 32.2. The van der Waals surface area contributed by atoms with Crippen molar-refractivity contribution in [3.8, 4) is 0 Å². The Morgan fingerprint density at radius 2 is 1.96 bits per heavy atom. The number of imide groups is 1. The molecule has 3 N–H and O–H groups in total. The number of piperidine rings is 1. The fourth-order valence-electron chi connectivity index (χ4n) is 3.13. The molecule has 2 aliphatic rings. The van der Waals surface area contributed by atoms with Crippen LogP contribution >= 0.6 is 11.8 Å².